The van der Waals surface area contributed by atoms with Crippen LogP contribution in [-0.2, 0) is 5.41 Å². The molecule has 1 aromatic carbocycles. The largest absolute Gasteiger partial charge is 0.496 e. The highest BCUT2D eigenvalue weighted by atomic mass is 16.5. The third-order valence-electron chi connectivity index (χ3n) is 3.14. The molecular formula is C15H18BNO. The van der Waals surface area contributed by atoms with Crippen molar-refractivity contribution in [3.8, 4) is 5.75 Å². The molecule has 1 aromatic heterocycles. The van der Waals surface area contributed by atoms with Gasteiger partial charge < -0.3 is 4.74 Å². The van der Waals surface area contributed by atoms with Gasteiger partial charge in [-0.3, -0.25) is 4.98 Å². The lowest BCUT2D eigenvalue weighted by Gasteiger charge is -2.24. The number of fused-ring (bicyclic) bond motifs is 1. The van der Waals surface area contributed by atoms with Crippen LogP contribution in [0.2, 0.25) is 0 Å². The Labute approximate surface area is 110 Å². The van der Waals surface area contributed by atoms with Crippen molar-refractivity contribution in [2.24, 2.45) is 0 Å². The van der Waals surface area contributed by atoms with Gasteiger partial charge in [0.1, 0.15) is 13.6 Å². The summed E-state index contributed by atoms with van der Waals surface area (Å²) in [5.74, 6) is 0.878. The molecule has 0 unspecified atom stereocenters. The molecule has 0 aliphatic rings. The number of ether oxygens (including phenoxy) is 1. The highest BCUT2D eigenvalue weighted by Crippen LogP contribution is 2.37. The molecule has 18 heavy (non-hydrogen) atoms. The van der Waals surface area contributed by atoms with Crippen LogP contribution in [0, 0.1) is 6.92 Å². The molecule has 0 aliphatic carbocycles. The summed E-state index contributed by atoms with van der Waals surface area (Å²) in [5, 5.41) is 0.988. The standard InChI is InChI=1S/C15H18BNO/c1-9-6-12(15(2,3)4)14(18-5)11-7-10(16)8-17-13(9)11/h6-8H,1-5H3. The second-order valence-corrected chi connectivity index (χ2v) is 5.69. The van der Waals surface area contributed by atoms with Crippen molar-refractivity contribution in [1.29, 1.82) is 0 Å². The third kappa shape index (κ3) is 2.10. The Kier molecular flexibility index (Phi) is 3.10. The Morgan fingerprint density at radius 2 is 1.89 bits per heavy atom. The van der Waals surface area contributed by atoms with Gasteiger partial charge in [0.05, 0.1) is 12.6 Å². The highest BCUT2D eigenvalue weighted by Gasteiger charge is 2.22. The van der Waals surface area contributed by atoms with Gasteiger partial charge in [0.25, 0.3) is 0 Å². The lowest BCUT2D eigenvalue weighted by atomic mass is 9.83. The molecule has 0 bridgehead atoms. The van der Waals surface area contributed by atoms with Crippen LogP contribution in [0.1, 0.15) is 31.9 Å². The smallest absolute Gasteiger partial charge is 0.131 e. The van der Waals surface area contributed by atoms with E-state index in [2.05, 4.69) is 38.7 Å². The number of hydrogen-bond donors (Lipinski definition) is 0. The summed E-state index contributed by atoms with van der Waals surface area (Å²) in [6.45, 7) is 8.60. The van der Waals surface area contributed by atoms with E-state index >= 15 is 0 Å². The zero-order chi connectivity index (χ0) is 13.5. The Bertz CT molecular complexity index is 599. The molecule has 0 saturated heterocycles. The van der Waals surface area contributed by atoms with Crippen LogP contribution >= 0.6 is 0 Å². The number of methoxy groups -OCH3 is 1. The number of rotatable bonds is 1. The van der Waals surface area contributed by atoms with Crippen molar-refractivity contribution in [3.05, 3.63) is 29.5 Å². The molecule has 0 N–H and O–H groups in total. The van der Waals surface area contributed by atoms with Gasteiger partial charge in [0.2, 0.25) is 0 Å². The summed E-state index contributed by atoms with van der Waals surface area (Å²) >= 11 is 0. The summed E-state index contributed by atoms with van der Waals surface area (Å²) in [5.41, 5.74) is 3.97. The van der Waals surface area contributed by atoms with Crippen LogP contribution in [-0.4, -0.2) is 19.9 Å². The van der Waals surface area contributed by atoms with Crippen molar-refractivity contribution in [2.45, 2.75) is 33.1 Å². The van der Waals surface area contributed by atoms with E-state index in [4.69, 9.17) is 12.6 Å². The fourth-order valence-corrected chi connectivity index (χ4v) is 2.24. The molecule has 0 atom stereocenters. The van der Waals surface area contributed by atoms with Crippen LogP contribution in [0.3, 0.4) is 0 Å². The zero-order valence-electron chi connectivity index (χ0n) is 11.7. The predicted octanol–water partition coefficient (Wildman–Crippen LogP) is 2.64. The van der Waals surface area contributed by atoms with Crippen LogP contribution in [0.15, 0.2) is 18.3 Å². The summed E-state index contributed by atoms with van der Waals surface area (Å²) in [6, 6.07) is 4.09. The molecule has 0 fully saturated rings. The Morgan fingerprint density at radius 3 is 2.44 bits per heavy atom. The van der Waals surface area contributed by atoms with Gasteiger partial charge in [0.15, 0.2) is 0 Å². The minimum atomic E-state index is 0.0227. The van der Waals surface area contributed by atoms with Crippen LogP contribution in [0.25, 0.3) is 10.9 Å². The minimum Gasteiger partial charge on any atom is -0.496 e. The van der Waals surface area contributed by atoms with Crippen molar-refractivity contribution >= 4 is 24.2 Å². The maximum Gasteiger partial charge on any atom is 0.131 e. The number of aryl methyl sites for hydroxylation is 1. The van der Waals surface area contributed by atoms with Crippen molar-refractivity contribution < 1.29 is 4.74 Å². The van der Waals surface area contributed by atoms with Crippen LogP contribution in [0.5, 0.6) is 5.75 Å². The van der Waals surface area contributed by atoms with Crippen molar-refractivity contribution in [3.63, 3.8) is 0 Å². The molecular weight excluding hydrogens is 221 g/mol. The van der Waals surface area contributed by atoms with Crippen molar-refractivity contribution in [2.75, 3.05) is 7.11 Å². The second-order valence-electron chi connectivity index (χ2n) is 5.69. The van der Waals surface area contributed by atoms with E-state index in [1.54, 1.807) is 13.3 Å². The topological polar surface area (TPSA) is 22.1 Å². The van der Waals surface area contributed by atoms with E-state index in [1.165, 1.54) is 5.56 Å². The van der Waals surface area contributed by atoms with Gasteiger partial charge >= 0.3 is 0 Å². The average molecular weight is 239 g/mol. The fourth-order valence-electron chi connectivity index (χ4n) is 2.24. The second kappa shape index (κ2) is 4.31. The monoisotopic (exact) mass is 239 g/mol. The molecule has 1 heterocycles. The first-order valence-corrected chi connectivity index (χ1v) is 6.08. The van der Waals surface area contributed by atoms with Crippen LogP contribution < -0.4 is 10.2 Å². The lowest BCUT2D eigenvalue weighted by molar-refractivity contribution is 0.402. The predicted molar refractivity (Wildman–Crippen MR) is 77.1 cm³/mol. The number of hydrogen-bond acceptors (Lipinski definition) is 2. The molecule has 0 spiro atoms. The SMILES string of the molecule is [B]c1cnc2c(C)cc(C(C)(C)C)c(OC)c2c1. The van der Waals surface area contributed by atoms with Gasteiger partial charge in [-0.1, -0.05) is 32.3 Å². The quantitative estimate of drug-likeness (QED) is 0.713. The van der Waals surface area contributed by atoms with Gasteiger partial charge in [-0.05, 0) is 24.0 Å². The Morgan fingerprint density at radius 1 is 1.22 bits per heavy atom. The molecule has 0 amide bonds. The first-order chi connectivity index (χ1) is 8.34. The van der Waals surface area contributed by atoms with E-state index in [1.807, 2.05) is 6.07 Å². The van der Waals surface area contributed by atoms with Gasteiger partial charge in [-0.25, -0.2) is 0 Å². The van der Waals surface area contributed by atoms with E-state index in [-0.39, 0.29) is 5.41 Å². The summed E-state index contributed by atoms with van der Waals surface area (Å²) in [4.78, 5) is 4.41. The molecule has 0 saturated carbocycles. The van der Waals surface area contributed by atoms with Crippen LogP contribution in [0.4, 0.5) is 0 Å². The number of pyridine rings is 1. The summed E-state index contributed by atoms with van der Waals surface area (Å²) in [6.07, 6.45) is 1.69. The van der Waals surface area contributed by atoms with E-state index in [0.717, 1.165) is 22.2 Å². The van der Waals surface area contributed by atoms with E-state index in [0.29, 0.717) is 5.46 Å². The lowest BCUT2D eigenvalue weighted by Crippen LogP contribution is -2.14. The summed E-state index contributed by atoms with van der Waals surface area (Å²) < 4.78 is 5.60. The molecule has 92 valence electrons. The normalized spacial score (nSPS) is 11.8. The van der Waals surface area contributed by atoms with E-state index < -0.39 is 0 Å². The van der Waals surface area contributed by atoms with Crippen molar-refractivity contribution in [1.82, 2.24) is 4.98 Å². The highest BCUT2D eigenvalue weighted by molar-refractivity contribution is 6.33. The Balaban J connectivity index is 2.90. The average Bonchev–Trinajstić information content (AvgIpc) is 2.27. The number of nitrogens with zero attached hydrogens (tertiary/aromatic N) is 1. The van der Waals surface area contributed by atoms with E-state index in [9.17, 15) is 0 Å². The molecule has 0 aliphatic heterocycles. The maximum atomic E-state index is 5.84. The fraction of sp³-hybridized carbons (Fsp3) is 0.400. The molecule has 2 radical (unpaired) electrons. The molecule has 2 rings (SSSR count). The third-order valence-corrected chi connectivity index (χ3v) is 3.14. The minimum absolute atomic E-state index is 0.0227. The molecule has 3 heteroatoms. The van der Waals surface area contributed by atoms with Gasteiger partial charge in [-0.15, -0.1) is 0 Å². The van der Waals surface area contributed by atoms with Gasteiger partial charge in [-0.2, -0.15) is 0 Å². The molecule has 2 aromatic rings. The number of aromatic nitrogens is 1. The molecule has 2 nitrogen and oxygen atoms in total. The maximum absolute atomic E-state index is 5.84. The van der Waals surface area contributed by atoms with Gasteiger partial charge in [0, 0.05) is 17.1 Å². The Hall–Kier alpha value is -1.51. The summed E-state index contributed by atoms with van der Waals surface area (Å²) in [7, 11) is 7.54. The zero-order valence-corrected chi connectivity index (χ0v) is 11.7. The first kappa shape index (κ1) is 12.9. The first-order valence-electron chi connectivity index (χ1n) is 6.08. The number of benzene rings is 1.